The molecule has 2 aromatic carbocycles. The van der Waals surface area contributed by atoms with Gasteiger partial charge in [-0.25, -0.2) is 4.39 Å². The molecule has 0 heterocycles. The molecule has 0 unspecified atom stereocenters. The lowest BCUT2D eigenvalue weighted by Gasteiger charge is -2.12. The second-order valence-corrected chi connectivity index (χ2v) is 5.26. The highest BCUT2D eigenvalue weighted by atomic mass is 79.9. The largest absolute Gasteiger partial charge is 0.494 e. The predicted molar refractivity (Wildman–Crippen MR) is 79.4 cm³/mol. The van der Waals surface area contributed by atoms with E-state index in [4.69, 9.17) is 16.3 Å². The highest BCUT2D eigenvalue weighted by molar-refractivity contribution is 9.10. The Hall–Kier alpha value is -1.26. The van der Waals surface area contributed by atoms with Crippen LogP contribution in [0, 0.1) is 5.82 Å². The van der Waals surface area contributed by atoms with E-state index in [9.17, 15) is 4.39 Å². The molecule has 1 N–H and O–H groups in total. The molecule has 0 saturated carbocycles. The van der Waals surface area contributed by atoms with Gasteiger partial charge in [0.2, 0.25) is 0 Å². The van der Waals surface area contributed by atoms with E-state index < -0.39 is 0 Å². The van der Waals surface area contributed by atoms with Crippen LogP contribution in [-0.2, 0) is 6.54 Å². The maximum absolute atomic E-state index is 13.1. The van der Waals surface area contributed by atoms with Gasteiger partial charge in [-0.15, -0.1) is 0 Å². The van der Waals surface area contributed by atoms with Gasteiger partial charge in [0.25, 0.3) is 0 Å². The Morgan fingerprint density at radius 2 is 2.05 bits per heavy atom. The number of benzene rings is 2. The zero-order valence-corrected chi connectivity index (χ0v) is 12.6. The third-order valence-electron chi connectivity index (χ3n) is 2.65. The average molecular weight is 345 g/mol. The van der Waals surface area contributed by atoms with Crippen LogP contribution in [0.25, 0.3) is 0 Å². The lowest BCUT2D eigenvalue weighted by Crippen LogP contribution is -2.02. The summed E-state index contributed by atoms with van der Waals surface area (Å²) >= 11 is 9.49. The summed E-state index contributed by atoms with van der Waals surface area (Å²) in [7, 11) is 1.51. The van der Waals surface area contributed by atoms with Gasteiger partial charge < -0.3 is 10.1 Å². The summed E-state index contributed by atoms with van der Waals surface area (Å²) in [5.74, 6) is 0.136. The molecule has 0 spiro atoms. The lowest BCUT2D eigenvalue weighted by molar-refractivity contribution is 0.413. The van der Waals surface area contributed by atoms with Crippen LogP contribution in [0.2, 0.25) is 5.02 Å². The van der Waals surface area contributed by atoms with Crippen LogP contribution in [0.5, 0.6) is 5.75 Å². The van der Waals surface area contributed by atoms with Crippen molar-refractivity contribution in [3.8, 4) is 5.75 Å². The first-order chi connectivity index (χ1) is 9.10. The molecule has 0 atom stereocenters. The molecule has 2 nitrogen and oxygen atoms in total. The van der Waals surface area contributed by atoms with Crippen LogP contribution in [0.3, 0.4) is 0 Å². The Morgan fingerprint density at radius 1 is 1.26 bits per heavy atom. The number of methoxy groups -OCH3 is 1. The van der Waals surface area contributed by atoms with Gasteiger partial charge in [0, 0.05) is 22.1 Å². The molecule has 2 rings (SSSR count). The highest BCUT2D eigenvalue weighted by Gasteiger charge is 2.06. The summed E-state index contributed by atoms with van der Waals surface area (Å²) in [6.07, 6.45) is 0. The van der Waals surface area contributed by atoms with Crippen molar-refractivity contribution in [3.63, 3.8) is 0 Å². The Labute approximate surface area is 124 Å². The van der Waals surface area contributed by atoms with Crippen molar-refractivity contribution in [3.05, 3.63) is 57.3 Å². The van der Waals surface area contributed by atoms with Crippen molar-refractivity contribution in [1.29, 1.82) is 0 Å². The van der Waals surface area contributed by atoms with E-state index in [0.717, 1.165) is 15.7 Å². The number of halogens is 3. The zero-order valence-electron chi connectivity index (χ0n) is 10.2. The van der Waals surface area contributed by atoms with E-state index in [1.165, 1.54) is 19.2 Å². The second-order valence-electron chi connectivity index (χ2n) is 3.93. The van der Waals surface area contributed by atoms with Crippen molar-refractivity contribution < 1.29 is 9.13 Å². The summed E-state index contributed by atoms with van der Waals surface area (Å²) in [4.78, 5) is 0. The third-order valence-corrected chi connectivity index (χ3v) is 3.49. The second kappa shape index (κ2) is 6.26. The molecule has 0 amide bonds. The summed E-state index contributed by atoms with van der Waals surface area (Å²) in [6.45, 7) is 0.536. The van der Waals surface area contributed by atoms with Crippen LogP contribution in [-0.4, -0.2) is 7.11 Å². The van der Waals surface area contributed by atoms with Gasteiger partial charge in [0.05, 0.1) is 12.8 Å². The molecule has 0 aromatic heterocycles. The summed E-state index contributed by atoms with van der Waals surface area (Å²) in [5, 5.41) is 3.85. The van der Waals surface area contributed by atoms with Gasteiger partial charge >= 0.3 is 0 Å². The monoisotopic (exact) mass is 343 g/mol. The van der Waals surface area contributed by atoms with E-state index in [1.54, 1.807) is 6.07 Å². The number of ether oxygens (including phenoxy) is 1. The molecule has 0 fully saturated rings. The minimum absolute atomic E-state index is 0.330. The van der Waals surface area contributed by atoms with E-state index >= 15 is 0 Å². The molecule has 2 aromatic rings. The first-order valence-corrected chi connectivity index (χ1v) is 6.78. The first kappa shape index (κ1) is 14.2. The molecular formula is C14H12BrClFNO. The Kier molecular flexibility index (Phi) is 4.66. The van der Waals surface area contributed by atoms with E-state index in [-0.39, 0.29) is 5.82 Å². The van der Waals surface area contributed by atoms with Crippen LogP contribution in [0.4, 0.5) is 10.1 Å². The predicted octanol–water partition coefficient (Wildman–Crippen LogP) is 4.86. The molecule has 5 heteroatoms. The van der Waals surface area contributed by atoms with Gasteiger partial charge in [0.1, 0.15) is 11.6 Å². The van der Waals surface area contributed by atoms with Crippen molar-refractivity contribution >= 4 is 33.2 Å². The number of anilines is 1. The van der Waals surface area contributed by atoms with Gasteiger partial charge in [-0.05, 0) is 29.8 Å². The number of hydrogen-bond acceptors (Lipinski definition) is 2. The highest BCUT2D eigenvalue weighted by Crippen LogP contribution is 2.27. The normalized spacial score (nSPS) is 10.3. The number of rotatable bonds is 4. The Bertz CT molecular complexity index is 592. The minimum atomic E-state index is -0.330. The summed E-state index contributed by atoms with van der Waals surface area (Å²) in [6, 6.07) is 10.0. The standard InChI is InChI=1S/C14H12BrClFNO/c1-19-14-7-11(17)4-5-13(14)18-8-9-2-3-10(15)6-12(9)16/h2-7,18H,8H2,1H3. The molecule has 0 radical (unpaired) electrons. The molecule has 100 valence electrons. The Morgan fingerprint density at radius 3 is 2.74 bits per heavy atom. The zero-order chi connectivity index (χ0) is 13.8. The van der Waals surface area contributed by atoms with Crippen molar-refractivity contribution in [2.75, 3.05) is 12.4 Å². The average Bonchev–Trinajstić information content (AvgIpc) is 2.39. The summed E-state index contributed by atoms with van der Waals surface area (Å²) < 4.78 is 19.1. The molecular weight excluding hydrogens is 333 g/mol. The fraction of sp³-hybridized carbons (Fsp3) is 0.143. The van der Waals surface area contributed by atoms with Crippen molar-refractivity contribution in [2.24, 2.45) is 0 Å². The van der Waals surface area contributed by atoms with Crippen molar-refractivity contribution in [2.45, 2.75) is 6.54 Å². The maximum atomic E-state index is 13.1. The first-order valence-electron chi connectivity index (χ1n) is 5.61. The van der Waals surface area contributed by atoms with Gasteiger partial charge in [0.15, 0.2) is 0 Å². The molecule has 19 heavy (non-hydrogen) atoms. The SMILES string of the molecule is COc1cc(F)ccc1NCc1ccc(Br)cc1Cl. The van der Waals surface area contributed by atoms with Gasteiger partial charge in [-0.1, -0.05) is 33.6 Å². The quantitative estimate of drug-likeness (QED) is 0.855. The lowest BCUT2D eigenvalue weighted by atomic mass is 10.2. The fourth-order valence-corrected chi connectivity index (χ4v) is 2.41. The van der Waals surface area contributed by atoms with E-state index in [1.807, 2.05) is 18.2 Å². The van der Waals surface area contributed by atoms with Gasteiger partial charge in [-0.2, -0.15) is 0 Å². The molecule has 0 aliphatic carbocycles. The Balaban J connectivity index is 2.14. The number of nitrogens with one attached hydrogen (secondary N) is 1. The fourth-order valence-electron chi connectivity index (χ4n) is 1.67. The van der Waals surface area contributed by atoms with Gasteiger partial charge in [-0.3, -0.25) is 0 Å². The molecule has 0 aliphatic heterocycles. The molecule has 0 bridgehead atoms. The molecule has 0 aliphatic rings. The topological polar surface area (TPSA) is 21.3 Å². The van der Waals surface area contributed by atoms with Crippen LogP contribution >= 0.6 is 27.5 Å². The molecule has 0 saturated heterocycles. The smallest absolute Gasteiger partial charge is 0.144 e. The number of hydrogen-bond donors (Lipinski definition) is 1. The van der Waals surface area contributed by atoms with Crippen LogP contribution in [0.15, 0.2) is 40.9 Å². The summed E-state index contributed by atoms with van der Waals surface area (Å²) in [5.41, 5.74) is 1.68. The van der Waals surface area contributed by atoms with Crippen LogP contribution in [0.1, 0.15) is 5.56 Å². The van der Waals surface area contributed by atoms with E-state index in [0.29, 0.717) is 17.3 Å². The van der Waals surface area contributed by atoms with E-state index in [2.05, 4.69) is 21.2 Å². The van der Waals surface area contributed by atoms with Crippen molar-refractivity contribution in [1.82, 2.24) is 0 Å². The minimum Gasteiger partial charge on any atom is -0.494 e. The third kappa shape index (κ3) is 3.61. The van der Waals surface area contributed by atoms with Crippen LogP contribution < -0.4 is 10.1 Å². The maximum Gasteiger partial charge on any atom is 0.144 e.